The lowest BCUT2D eigenvalue weighted by molar-refractivity contribution is 0.0730. The number of hydrogen-bond acceptors (Lipinski definition) is 6. The van der Waals surface area contributed by atoms with E-state index in [1.165, 1.54) is 0 Å². The standard InChI is InChI=1S/C30H29NO6/c1-5-36-24-13-9-20(17-25(24)35-4)27-26-28(32)22-16-18(2)6-12-23(22)37-29(26)30(33)31(27)15-14-19-7-10-21(34-3)11-8-19/h6-13,16-17,27H,5,14-15H2,1-4H3. The molecule has 0 saturated carbocycles. The summed E-state index contributed by atoms with van der Waals surface area (Å²) in [7, 11) is 3.20. The number of aryl methyl sites for hydroxylation is 1. The highest BCUT2D eigenvalue weighted by Gasteiger charge is 2.42. The maximum atomic E-state index is 13.8. The third-order valence-corrected chi connectivity index (χ3v) is 6.72. The van der Waals surface area contributed by atoms with E-state index in [0.29, 0.717) is 47.6 Å². The van der Waals surface area contributed by atoms with Crippen LogP contribution in [0.5, 0.6) is 17.2 Å². The smallest absolute Gasteiger partial charge is 0.290 e. The quantitative estimate of drug-likeness (QED) is 0.327. The molecular formula is C30H29NO6. The van der Waals surface area contributed by atoms with Crippen molar-refractivity contribution in [2.24, 2.45) is 0 Å². The number of ether oxygens (including phenoxy) is 3. The van der Waals surface area contributed by atoms with Gasteiger partial charge in [-0.15, -0.1) is 0 Å². The molecule has 2 heterocycles. The molecule has 1 aromatic heterocycles. The van der Waals surface area contributed by atoms with Crippen molar-refractivity contribution in [1.82, 2.24) is 4.90 Å². The Morgan fingerprint density at radius 1 is 0.919 bits per heavy atom. The predicted octanol–water partition coefficient (Wildman–Crippen LogP) is 5.31. The normalized spacial score (nSPS) is 14.6. The molecule has 1 aliphatic heterocycles. The fraction of sp³-hybridized carbons (Fsp3) is 0.267. The van der Waals surface area contributed by atoms with E-state index in [0.717, 1.165) is 22.4 Å². The molecule has 3 aromatic carbocycles. The third kappa shape index (κ3) is 4.42. The minimum atomic E-state index is -0.619. The fourth-order valence-corrected chi connectivity index (χ4v) is 4.88. The van der Waals surface area contributed by atoms with Gasteiger partial charge >= 0.3 is 0 Å². The van der Waals surface area contributed by atoms with Gasteiger partial charge in [-0.3, -0.25) is 9.59 Å². The number of benzene rings is 3. The van der Waals surface area contributed by atoms with Crippen molar-refractivity contribution >= 4 is 16.9 Å². The van der Waals surface area contributed by atoms with Gasteiger partial charge in [0, 0.05) is 6.54 Å². The molecule has 1 atom stereocenters. The summed E-state index contributed by atoms with van der Waals surface area (Å²) in [5.74, 6) is 1.69. The zero-order valence-electron chi connectivity index (χ0n) is 21.4. The molecule has 0 radical (unpaired) electrons. The molecule has 7 heteroatoms. The van der Waals surface area contributed by atoms with Gasteiger partial charge in [0.2, 0.25) is 5.76 Å². The summed E-state index contributed by atoms with van der Waals surface area (Å²) in [5, 5.41) is 0.464. The first-order valence-corrected chi connectivity index (χ1v) is 12.3. The van der Waals surface area contributed by atoms with Gasteiger partial charge < -0.3 is 23.5 Å². The van der Waals surface area contributed by atoms with Crippen molar-refractivity contribution in [2.45, 2.75) is 26.3 Å². The zero-order chi connectivity index (χ0) is 26.1. The first-order chi connectivity index (χ1) is 17.9. The Morgan fingerprint density at radius 2 is 1.70 bits per heavy atom. The number of fused-ring (bicyclic) bond motifs is 2. The average molecular weight is 500 g/mol. The van der Waals surface area contributed by atoms with Gasteiger partial charge in [0.15, 0.2) is 16.9 Å². The Labute approximate surface area is 215 Å². The Balaban J connectivity index is 1.62. The van der Waals surface area contributed by atoms with E-state index in [2.05, 4.69) is 0 Å². The second-order valence-electron chi connectivity index (χ2n) is 9.02. The van der Waals surface area contributed by atoms with Crippen molar-refractivity contribution in [1.29, 1.82) is 0 Å². The van der Waals surface area contributed by atoms with Gasteiger partial charge in [-0.1, -0.05) is 29.8 Å². The molecule has 0 bridgehead atoms. The molecule has 0 fully saturated rings. The SMILES string of the molecule is CCOc1ccc(C2c3c(oc4ccc(C)cc4c3=O)C(=O)N2CCc2ccc(OC)cc2)cc1OC. The van der Waals surface area contributed by atoms with Crippen molar-refractivity contribution in [3.05, 3.63) is 98.9 Å². The minimum Gasteiger partial charge on any atom is -0.497 e. The number of methoxy groups -OCH3 is 2. The van der Waals surface area contributed by atoms with Crippen LogP contribution in [0.3, 0.4) is 0 Å². The van der Waals surface area contributed by atoms with Crippen molar-refractivity contribution in [3.63, 3.8) is 0 Å². The van der Waals surface area contributed by atoms with Crippen LogP contribution >= 0.6 is 0 Å². The first-order valence-electron chi connectivity index (χ1n) is 12.3. The summed E-state index contributed by atoms with van der Waals surface area (Å²) in [4.78, 5) is 29.2. The van der Waals surface area contributed by atoms with Crippen LogP contribution in [0.15, 0.2) is 69.9 Å². The summed E-state index contributed by atoms with van der Waals surface area (Å²) >= 11 is 0. The van der Waals surface area contributed by atoms with Gasteiger partial charge in [0.05, 0.1) is 37.8 Å². The summed E-state index contributed by atoms with van der Waals surface area (Å²) < 4.78 is 22.6. The fourth-order valence-electron chi connectivity index (χ4n) is 4.88. The van der Waals surface area contributed by atoms with Crippen LogP contribution in [-0.4, -0.2) is 38.2 Å². The molecule has 0 spiro atoms. The van der Waals surface area contributed by atoms with Crippen molar-refractivity contribution in [2.75, 3.05) is 27.4 Å². The highest BCUT2D eigenvalue weighted by molar-refractivity contribution is 5.99. The Kier molecular flexibility index (Phi) is 6.61. The maximum absolute atomic E-state index is 13.8. The molecule has 5 rings (SSSR count). The first kappa shape index (κ1) is 24.4. The molecule has 4 aromatic rings. The largest absolute Gasteiger partial charge is 0.497 e. The van der Waals surface area contributed by atoms with E-state index in [9.17, 15) is 9.59 Å². The molecule has 0 saturated heterocycles. The van der Waals surface area contributed by atoms with E-state index < -0.39 is 6.04 Å². The predicted molar refractivity (Wildman–Crippen MR) is 141 cm³/mol. The molecule has 1 aliphatic rings. The van der Waals surface area contributed by atoms with Crippen LogP contribution in [0.2, 0.25) is 0 Å². The molecule has 1 amide bonds. The van der Waals surface area contributed by atoms with Gasteiger partial charge in [-0.05, 0) is 67.8 Å². The second kappa shape index (κ2) is 10.0. The van der Waals surface area contributed by atoms with Crippen LogP contribution in [0.4, 0.5) is 0 Å². The lowest BCUT2D eigenvalue weighted by Crippen LogP contribution is -2.31. The minimum absolute atomic E-state index is 0.0916. The maximum Gasteiger partial charge on any atom is 0.290 e. The number of rotatable bonds is 8. The number of carbonyl (C=O) groups is 1. The molecule has 7 nitrogen and oxygen atoms in total. The summed E-state index contributed by atoms with van der Waals surface area (Å²) in [6.07, 6.45) is 0.598. The van der Waals surface area contributed by atoms with E-state index in [1.54, 1.807) is 25.2 Å². The van der Waals surface area contributed by atoms with Crippen LogP contribution in [0, 0.1) is 6.92 Å². The molecule has 37 heavy (non-hydrogen) atoms. The van der Waals surface area contributed by atoms with Gasteiger partial charge in [0.25, 0.3) is 5.91 Å². The van der Waals surface area contributed by atoms with E-state index in [-0.39, 0.29) is 17.1 Å². The van der Waals surface area contributed by atoms with Crippen LogP contribution < -0.4 is 19.6 Å². The molecule has 0 N–H and O–H groups in total. The lowest BCUT2D eigenvalue weighted by atomic mass is 9.97. The van der Waals surface area contributed by atoms with Gasteiger partial charge in [-0.2, -0.15) is 0 Å². The average Bonchev–Trinajstić information content (AvgIpc) is 3.20. The molecule has 190 valence electrons. The van der Waals surface area contributed by atoms with Crippen molar-refractivity contribution < 1.29 is 23.4 Å². The van der Waals surface area contributed by atoms with Crippen LogP contribution in [0.1, 0.15) is 45.8 Å². The number of hydrogen-bond donors (Lipinski definition) is 0. The molecular weight excluding hydrogens is 470 g/mol. The molecule has 0 aliphatic carbocycles. The third-order valence-electron chi connectivity index (χ3n) is 6.72. The van der Waals surface area contributed by atoms with E-state index in [1.807, 2.05) is 68.4 Å². The monoisotopic (exact) mass is 499 g/mol. The zero-order valence-corrected chi connectivity index (χ0v) is 21.4. The lowest BCUT2D eigenvalue weighted by Gasteiger charge is -2.26. The Hall–Kier alpha value is -4.26. The molecule has 1 unspecified atom stereocenters. The highest BCUT2D eigenvalue weighted by Crippen LogP contribution is 2.41. The van der Waals surface area contributed by atoms with Gasteiger partial charge in [-0.25, -0.2) is 0 Å². The number of amides is 1. The number of carbonyl (C=O) groups excluding carboxylic acids is 1. The summed E-state index contributed by atoms with van der Waals surface area (Å²) in [5.41, 5.74) is 3.30. The Morgan fingerprint density at radius 3 is 2.41 bits per heavy atom. The van der Waals surface area contributed by atoms with Gasteiger partial charge in [0.1, 0.15) is 11.3 Å². The van der Waals surface area contributed by atoms with Crippen LogP contribution in [0.25, 0.3) is 11.0 Å². The van der Waals surface area contributed by atoms with E-state index >= 15 is 0 Å². The topological polar surface area (TPSA) is 78.2 Å². The summed E-state index contributed by atoms with van der Waals surface area (Å²) in [6, 6.07) is 18.1. The Bertz CT molecular complexity index is 1520. The summed E-state index contributed by atoms with van der Waals surface area (Å²) in [6.45, 7) is 4.71. The number of nitrogens with zero attached hydrogens (tertiary/aromatic N) is 1. The van der Waals surface area contributed by atoms with Crippen LogP contribution in [-0.2, 0) is 6.42 Å². The van der Waals surface area contributed by atoms with Crippen molar-refractivity contribution in [3.8, 4) is 17.2 Å². The highest BCUT2D eigenvalue weighted by atomic mass is 16.5. The second-order valence-corrected chi connectivity index (χ2v) is 9.02. The van der Waals surface area contributed by atoms with E-state index in [4.69, 9.17) is 18.6 Å².